The van der Waals surface area contributed by atoms with Gasteiger partial charge >= 0.3 is 0 Å². The van der Waals surface area contributed by atoms with E-state index in [1.54, 1.807) is 12.5 Å². The van der Waals surface area contributed by atoms with Crippen LogP contribution in [0.2, 0.25) is 0 Å². The van der Waals surface area contributed by atoms with Crippen molar-refractivity contribution in [3.05, 3.63) is 84.3 Å². The van der Waals surface area contributed by atoms with Crippen molar-refractivity contribution in [3.8, 4) is 10.9 Å². The second kappa shape index (κ2) is 7.42. The van der Waals surface area contributed by atoms with Gasteiger partial charge in [0.25, 0.3) is 5.19 Å². The van der Waals surface area contributed by atoms with Crippen LogP contribution in [-0.2, 0) is 13.1 Å². The van der Waals surface area contributed by atoms with Crippen LogP contribution in [0.25, 0.3) is 21.3 Å². The van der Waals surface area contributed by atoms with E-state index in [1.165, 1.54) is 16.9 Å². The molecule has 5 aromatic rings. The number of pyridine rings is 1. The summed E-state index contributed by atoms with van der Waals surface area (Å²) in [6, 6.07) is 20.1. The van der Waals surface area contributed by atoms with Crippen LogP contribution in [0.15, 0.2) is 77.5 Å². The van der Waals surface area contributed by atoms with Crippen molar-refractivity contribution in [1.82, 2.24) is 15.3 Å². The van der Waals surface area contributed by atoms with Gasteiger partial charge in [0.1, 0.15) is 11.3 Å². The molecule has 2 aromatic carbocycles. The Labute approximate surface area is 165 Å². The minimum atomic E-state index is 0.573. The van der Waals surface area contributed by atoms with Gasteiger partial charge in [0.15, 0.2) is 5.65 Å². The zero-order valence-corrected chi connectivity index (χ0v) is 15.8. The smallest absolute Gasteiger partial charge is 0.281 e. The minimum Gasteiger partial charge on any atom is -0.464 e. The van der Waals surface area contributed by atoms with Gasteiger partial charge in [-0.3, -0.25) is 0 Å². The highest BCUT2D eigenvalue weighted by Gasteiger charge is 2.10. The van der Waals surface area contributed by atoms with Crippen molar-refractivity contribution in [3.63, 3.8) is 0 Å². The van der Waals surface area contributed by atoms with Crippen LogP contribution in [-0.4, -0.2) is 9.97 Å². The first kappa shape index (κ1) is 16.9. The van der Waals surface area contributed by atoms with E-state index in [0.717, 1.165) is 34.3 Å². The molecule has 0 bridgehead atoms. The fourth-order valence-electron chi connectivity index (χ4n) is 3.09. The van der Waals surface area contributed by atoms with Crippen LogP contribution < -0.4 is 10.1 Å². The maximum absolute atomic E-state index is 5.91. The standard InChI is InChI=1S/C22H17N3O2S/c1-2-5-15(6-3-1)12-23-13-16-14-26-19-11-17(8-9-18(16)19)27-22-25-21-20(28-22)7-4-10-24-21/h1-11,14,23H,12-13H2. The molecule has 138 valence electrons. The van der Waals surface area contributed by atoms with E-state index in [-0.39, 0.29) is 0 Å². The molecule has 5 rings (SSSR count). The van der Waals surface area contributed by atoms with Crippen LogP contribution in [0, 0.1) is 0 Å². The van der Waals surface area contributed by atoms with Gasteiger partial charge in [-0.05, 0) is 29.8 Å². The molecule has 0 fully saturated rings. The average Bonchev–Trinajstić information content (AvgIpc) is 3.32. The molecule has 0 saturated carbocycles. The van der Waals surface area contributed by atoms with Gasteiger partial charge in [-0.2, -0.15) is 4.98 Å². The van der Waals surface area contributed by atoms with Gasteiger partial charge in [0.05, 0.1) is 11.0 Å². The highest BCUT2D eigenvalue weighted by Crippen LogP contribution is 2.32. The lowest BCUT2D eigenvalue weighted by atomic mass is 10.1. The Hall–Kier alpha value is -3.22. The first-order chi connectivity index (χ1) is 13.8. The molecular weight excluding hydrogens is 370 g/mol. The molecule has 28 heavy (non-hydrogen) atoms. The molecule has 0 spiro atoms. The number of thiazole rings is 1. The third-order valence-electron chi connectivity index (χ3n) is 4.47. The normalized spacial score (nSPS) is 11.3. The lowest BCUT2D eigenvalue weighted by Gasteiger charge is -2.04. The zero-order valence-electron chi connectivity index (χ0n) is 15.0. The van der Waals surface area contributed by atoms with E-state index in [1.807, 2.05) is 48.5 Å². The molecule has 5 nitrogen and oxygen atoms in total. The summed E-state index contributed by atoms with van der Waals surface area (Å²) in [6.45, 7) is 1.56. The van der Waals surface area contributed by atoms with Gasteiger partial charge in [-0.1, -0.05) is 41.7 Å². The van der Waals surface area contributed by atoms with Crippen molar-refractivity contribution < 1.29 is 9.15 Å². The third-order valence-corrected chi connectivity index (χ3v) is 5.35. The summed E-state index contributed by atoms with van der Waals surface area (Å²) in [4.78, 5) is 8.65. The highest BCUT2D eigenvalue weighted by molar-refractivity contribution is 7.20. The number of nitrogens with one attached hydrogen (secondary N) is 1. The molecule has 0 unspecified atom stereocenters. The number of nitrogens with zero attached hydrogens (tertiary/aromatic N) is 2. The van der Waals surface area contributed by atoms with E-state index in [0.29, 0.717) is 16.6 Å². The second-order valence-electron chi connectivity index (χ2n) is 6.42. The predicted molar refractivity (Wildman–Crippen MR) is 111 cm³/mol. The molecule has 3 heterocycles. The number of ether oxygens (including phenoxy) is 1. The third kappa shape index (κ3) is 3.47. The number of furan rings is 1. The van der Waals surface area contributed by atoms with Crippen molar-refractivity contribution in [2.45, 2.75) is 13.1 Å². The summed E-state index contributed by atoms with van der Waals surface area (Å²) < 4.78 is 12.7. The first-order valence-corrected chi connectivity index (χ1v) is 9.81. The molecule has 0 radical (unpaired) electrons. The maximum atomic E-state index is 5.91. The van der Waals surface area contributed by atoms with Gasteiger partial charge in [0, 0.05) is 36.3 Å². The highest BCUT2D eigenvalue weighted by atomic mass is 32.1. The van der Waals surface area contributed by atoms with Gasteiger partial charge in [-0.25, -0.2) is 4.98 Å². The number of fused-ring (bicyclic) bond motifs is 2. The molecule has 0 atom stereocenters. The molecule has 0 aliphatic heterocycles. The molecule has 3 aromatic heterocycles. The average molecular weight is 387 g/mol. The number of rotatable bonds is 6. The van der Waals surface area contributed by atoms with Crippen LogP contribution >= 0.6 is 11.3 Å². The van der Waals surface area contributed by atoms with E-state index < -0.39 is 0 Å². The largest absolute Gasteiger partial charge is 0.464 e. The quantitative estimate of drug-likeness (QED) is 0.416. The Morgan fingerprint density at radius 2 is 1.93 bits per heavy atom. The summed E-state index contributed by atoms with van der Waals surface area (Å²) in [7, 11) is 0. The minimum absolute atomic E-state index is 0.573. The van der Waals surface area contributed by atoms with E-state index in [4.69, 9.17) is 9.15 Å². The number of hydrogen-bond donors (Lipinski definition) is 1. The molecule has 1 N–H and O–H groups in total. The van der Waals surface area contributed by atoms with Gasteiger partial charge < -0.3 is 14.5 Å². The van der Waals surface area contributed by atoms with Crippen molar-refractivity contribution >= 4 is 32.7 Å². The number of aromatic nitrogens is 2. The SMILES string of the molecule is c1ccc(CNCc2coc3cc(Oc4nc5ncccc5s4)ccc23)cc1. The van der Waals surface area contributed by atoms with Crippen LogP contribution in [0.3, 0.4) is 0 Å². The second-order valence-corrected chi connectivity index (χ2v) is 7.41. The summed E-state index contributed by atoms with van der Waals surface area (Å²) in [5, 5.41) is 5.11. The molecule has 0 aliphatic carbocycles. The van der Waals surface area contributed by atoms with Crippen molar-refractivity contribution in [1.29, 1.82) is 0 Å². The predicted octanol–water partition coefficient (Wildman–Crippen LogP) is 5.52. The summed E-state index contributed by atoms with van der Waals surface area (Å²) >= 11 is 1.48. The van der Waals surface area contributed by atoms with Crippen LogP contribution in [0.5, 0.6) is 10.9 Å². The number of hydrogen-bond acceptors (Lipinski definition) is 6. The van der Waals surface area contributed by atoms with E-state index in [2.05, 4.69) is 27.4 Å². The molecule has 0 saturated heterocycles. The topological polar surface area (TPSA) is 60.2 Å². The summed E-state index contributed by atoms with van der Waals surface area (Å²) in [5.41, 5.74) is 3.89. The number of benzene rings is 2. The first-order valence-electron chi connectivity index (χ1n) is 8.99. The van der Waals surface area contributed by atoms with Crippen molar-refractivity contribution in [2.24, 2.45) is 0 Å². The zero-order chi connectivity index (χ0) is 18.8. The summed E-state index contributed by atoms with van der Waals surface area (Å²) in [5.74, 6) is 0.699. The fraction of sp³-hybridized carbons (Fsp3) is 0.0909. The van der Waals surface area contributed by atoms with Gasteiger partial charge in [0.2, 0.25) is 0 Å². The summed E-state index contributed by atoms with van der Waals surface area (Å²) in [6.07, 6.45) is 3.53. The molecule has 0 amide bonds. The molecular formula is C22H17N3O2S. The Balaban J connectivity index is 1.30. The lowest BCUT2D eigenvalue weighted by Crippen LogP contribution is -2.12. The van der Waals surface area contributed by atoms with E-state index in [9.17, 15) is 0 Å². The Morgan fingerprint density at radius 3 is 2.82 bits per heavy atom. The molecule has 6 heteroatoms. The van der Waals surface area contributed by atoms with Crippen molar-refractivity contribution in [2.75, 3.05) is 0 Å². The van der Waals surface area contributed by atoms with Gasteiger partial charge in [-0.15, -0.1) is 0 Å². The fourth-order valence-corrected chi connectivity index (χ4v) is 3.89. The Morgan fingerprint density at radius 1 is 1.00 bits per heavy atom. The Bertz CT molecular complexity index is 1200. The molecule has 0 aliphatic rings. The lowest BCUT2D eigenvalue weighted by molar-refractivity contribution is 0.479. The van der Waals surface area contributed by atoms with E-state index >= 15 is 0 Å². The Kier molecular flexibility index (Phi) is 4.48. The van der Waals surface area contributed by atoms with Crippen LogP contribution in [0.4, 0.5) is 0 Å². The maximum Gasteiger partial charge on any atom is 0.281 e. The monoisotopic (exact) mass is 387 g/mol. The van der Waals surface area contributed by atoms with Crippen LogP contribution in [0.1, 0.15) is 11.1 Å².